The molecule has 0 aromatic carbocycles. The molecular weight excluding hydrogens is 382 g/mol. The predicted molar refractivity (Wildman–Crippen MR) is 125 cm³/mol. The van der Waals surface area contributed by atoms with Crippen molar-refractivity contribution in [3.05, 3.63) is 35.4 Å². The number of nitrogens with zero attached hydrogens (tertiary/aromatic N) is 5. The van der Waals surface area contributed by atoms with E-state index in [0.29, 0.717) is 36.4 Å². The summed E-state index contributed by atoms with van der Waals surface area (Å²) in [6, 6.07) is 4.73. The fourth-order valence-electron chi connectivity index (χ4n) is 4.94. The lowest BCUT2D eigenvalue weighted by Crippen LogP contribution is -2.16. The molecule has 0 N–H and O–H groups in total. The standard InChI is InChI=1S/C26H33N5/c1-3-4-5-10-23-19(2)30-18-31-26(23)24-16-20(12-14-29-25(24)17-28)15-22(11-13-27)21-8-6-7-9-21/h5,10,16,18,20-22H,3-4,6-9,11-12,14-15H2,1-2H3/b10-5-. The number of aliphatic imine (C=N–C) groups is 1. The van der Waals surface area contributed by atoms with Crippen molar-refractivity contribution in [2.75, 3.05) is 6.54 Å². The Hall–Kier alpha value is -2.79. The minimum absolute atomic E-state index is 0.297. The highest BCUT2D eigenvalue weighted by Gasteiger charge is 2.28. The van der Waals surface area contributed by atoms with Crippen molar-refractivity contribution in [3.8, 4) is 12.1 Å². The van der Waals surface area contributed by atoms with Crippen molar-refractivity contribution in [2.24, 2.45) is 22.7 Å². The molecule has 1 aliphatic heterocycles. The van der Waals surface area contributed by atoms with Crippen LogP contribution in [0.2, 0.25) is 0 Å². The topological polar surface area (TPSA) is 85.7 Å². The maximum absolute atomic E-state index is 9.82. The summed E-state index contributed by atoms with van der Waals surface area (Å²) in [6.45, 7) is 4.78. The summed E-state index contributed by atoms with van der Waals surface area (Å²) in [5.74, 6) is 1.38. The van der Waals surface area contributed by atoms with Crippen LogP contribution in [0.4, 0.5) is 0 Å². The van der Waals surface area contributed by atoms with Gasteiger partial charge < -0.3 is 0 Å². The van der Waals surface area contributed by atoms with E-state index < -0.39 is 0 Å². The summed E-state index contributed by atoms with van der Waals surface area (Å²) in [6.07, 6.45) is 17.7. The van der Waals surface area contributed by atoms with E-state index in [1.54, 1.807) is 6.33 Å². The third-order valence-electron chi connectivity index (χ3n) is 6.64. The highest BCUT2D eigenvalue weighted by molar-refractivity contribution is 6.31. The zero-order valence-electron chi connectivity index (χ0n) is 18.8. The molecule has 3 rings (SSSR count). The zero-order chi connectivity index (χ0) is 22.1. The first kappa shape index (κ1) is 22.9. The van der Waals surface area contributed by atoms with Gasteiger partial charge in [-0.1, -0.05) is 57.3 Å². The molecular formula is C26H33N5. The Bertz CT molecular complexity index is 922. The van der Waals surface area contributed by atoms with Crippen LogP contribution in [0.3, 0.4) is 0 Å². The van der Waals surface area contributed by atoms with Gasteiger partial charge in [0.2, 0.25) is 0 Å². The van der Waals surface area contributed by atoms with Crippen LogP contribution in [0.25, 0.3) is 11.6 Å². The number of unbranched alkanes of at least 4 members (excludes halogenated alkanes) is 1. The molecule has 5 heteroatoms. The molecule has 1 fully saturated rings. The van der Waals surface area contributed by atoms with Gasteiger partial charge in [-0.3, -0.25) is 4.99 Å². The molecule has 31 heavy (non-hydrogen) atoms. The van der Waals surface area contributed by atoms with Crippen LogP contribution in [0.15, 0.2) is 23.5 Å². The van der Waals surface area contributed by atoms with E-state index in [1.165, 1.54) is 25.7 Å². The molecule has 1 aromatic rings. The number of hydrogen-bond acceptors (Lipinski definition) is 5. The first-order valence-electron chi connectivity index (χ1n) is 11.7. The Morgan fingerprint density at radius 3 is 2.71 bits per heavy atom. The second-order valence-electron chi connectivity index (χ2n) is 8.79. The predicted octanol–water partition coefficient (Wildman–Crippen LogP) is 6.08. The van der Waals surface area contributed by atoms with Gasteiger partial charge >= 0.3 is 0 Å². The molecule has 2 aliphatic rings. The number of aryl methyl sites for hydroxylation is 1. The van der Waals surface area contributed by atoms with Crippen LogP contribution in [-0.2, 0) is 0 Å². The van der Waals surface area contributed by atoms with Crippen molar-refractivity contribution in [2.45, 2.75) is 71.6 Å². The molecule has 162 valence electrons. The molecule has 1 saturated carbocycles. The Kier molecular flexibility index (Phi) is 8.53. The van der Waals surface area contributed by atoms with Crippen LogP contribution in [0, 0.1) is 47.3 Å². The second-order valence-corrected chi connectivity index (χ2v) is 8.79. The summed E-state index contributed by atoms with van der Waals surface area (Å²) in [7, 11) is 0. The second kappa shape index (κ2) is 11.6. The summed E-state index contributed by atoms with van der Waals surface area (Å²) in [5, 5.41) is 19.2. The third kappa shape index (κ3) is 5.88. The SMILES string of the molecule is CCC/C=C\c1c(C)ncnc1C1=CC(CC(CC#N)C2CCCC2)CCN=C1C#N. The Morgan fingerprint density at radius 1 is 1.19 bits per heavy atom. The smallest absolute Gasteiger partial charge is 0.144 e. The largest absolute Gasteiger partial charge is 0.274 e. The average molecular weight is 416 g/mol. The Balaban J connectivity index is 1.96. The van der Waals surface area contributed by atoms with Crippen molar-refractivity contribution >= 4 is 17.4 Å². The summed E-state index contributed by atoms with van der Waals surface area (Å²) in [5.41, 5.74) is 3.96. The van der Waals surface area contributed by atoms with Crippen molar-refractivity contribution < 1.29 is 0 Å². The molecule has 0 bridgehead atoms. The quantitative estimate of drug-likeness (QED) is 0.515. The Labute approximate surface area is 186 Å². The van der Waals surface area contributed by atoms with Crippen molar-refractivity contribution in [1.29, 1.82) is 10.5 Å². The molecule has 2 heterocycles. The van der Waals surface area contributed by atoms with Gasteiger partial charge in [0.1, 0.15) is 18.1 Å². The third-order valence-corrected chi connectivity index (χ3v) is 6.64. The number of hydrogen-bond donors (Lipinski definition) is 0. The molecule has 0 radical (unpaired) electrons. The molecule has 1 aromatic heterocycles. The summed E-state index contributed by atoms with van der Waals surface area (Å²) in [4.78, 5) is 13.6. The van der Waals surface area contributed by atoms with Gasteiger partial charge in [0.25, 0.3) is 0 Å². The van der Waals surface area contributed by atoms with E-state index in [9.17, 15) is 10.5 Å². The molecule has 2 unspecified atom stereocenters. The number of aromatic nitrogens is 2. The molecule has 0 spiro atoms. The van der Waals surface area contributed by atoms with Gasteiger partial charge in [-0.05, 0) is 43.9 Å². The van der Waals surface area contributed by atoms with Gasteiger partial charge in [0, 0.05) is 29.8 Å². The highest BCUT2D eigenvalue weighted by atomic mass is 14.9. The fourth-order valence-corrected chi connectivity index (χ4v) is 4.94. The zero-order valence-corrected chi connectivity index (χ0v) is 18.8. The normalized spacial score (nSPS) is 20.6. The maximum Gasteiger partial charge on any atom is 0.144 e. The number of rotatable bonds is 8. The van der Waals surface area contributed by atoms with Crippen molar-refractivity contribution in [1.82, 2.24) is 9.97 Å². The van der Waals surface area contributed by atoms with Crippen LogP contribution in [-0.4, -0.2) is 22.2 Å². The first-order chi connectivity index (χ1) is 15.2. The lowest BCUT2D eigenvalue weighted by molar-refractivity contribution is 0.289. The van der Waals surface area contributed by atoms with E-state index in [2.05, 4.69) is 52.3 Å². The van der Waals surface area contributed by atoms with Crippen LogP contribution < -0.4 is 0 Å². The van der Waals surface area contributed by atoms with Gasteiger partial charge in [-0.15, -0.1) is 0 Å². The fraction of sp³-hybridized carbons (Fsp3) is 0.577. The van der Waals surface area contributed by atoms with E-state index in [1.807, 2.05) is 6.92 Å². The van der Waals surface area contributed by atoms with E-state index in [0.717, 1.165) is 48.2 Å². The van der Waals surface area contributed by atoms with Crippen molar-refractivity contribution in [3.63, 3.8) is 0 Å². The highest BCUT2D eigenvalue weighted by Crippen LogP contribution is 2.38. The lowest BCUT2D eigenvalue weighted by atomic mass is 9.80. The summed E-state index contributed by atoms with van der Waals surface area (Å²) < 4.78 is 0. The number of nitriles is 2. The monoisotopic (exact) mass is 415 g/mol. The average Bonchev–Trinajstić information content (AvgIpc) is 3.23. The van der Waals surface area contributed by atoms with Gasteiger partial charge in [-0.2, -0.15) is 10.5 Å². The van der Waals surface area contributed by atoms with Gasteiger partial charge in [-0.25, -0.2) is 9.97 Å². The van der Waals surface area contributed by atoms with Crippen LogP contribution in [0.1, 0.15) is 81.7 Å². The van der Waals surface area contributed by atoms with Crippen LogP contribution >= 0.6 is 0 Å². The maximum atomic E-state index is 9.82. The minimum atomic E-state index is 0.297. The van der Waals surface area contributed by atoms with Gasteiger partial charge in [0.15, 0.2) is 0 Å². The molecule has 2 atom stereocenters. The lowest BCUT2D eigenvalue weighted by Gasteiger charge is -2.24. The molecule has 5 nitrogen and oxygen atoms in total. The number of allylic oxidation sites excluding steroid dienone is 3. The van der Waals surface area contributed by atoms with E-state index in [4.69, 9.17) is 0 Å². The minimum Gasteiger partial charge on any atom is -0.274 e. The van der Waals surface area contributed by atoms with Crippen LogP contribution in [0.5, 0.6) is 0 Å². The first-order valence-corrected chi connectivity index (χ1v) is 11.7. The molecule has 1 aliphatic carbocycles. The molecule has 0 amide bonds. The summed E-state index contributed by atoms with van der Waals surface area (Å²) >= 11 is 0. The van der Waals surface area contributed by atoms with E-state index in [-0.39, 0.29) is 0 Å². The van der Waals surface area contributed by atoms with E-state index >= 15 is 0 Å². The Morgan fingerprint density at radius 2 is 2.00 bits per heavy atom. The van der Waals surface area contributed by atoms with Gasteiger partial charge in [0.05, 0.1) is 11.8 Å². The molecule has 0 saturated heterocycles.